The van der Waals surface area contributed by atoms with Crippen molar-refractivity contribution in [3.63, 3.8) is 0 Å². The molecule has 7 aromatic carbocycles. The van der Waals surface area contributed by atoms with Gasteiger partial charge in [-0.2, -0.15) is 10.2 Å². The highest BCUT2D eigenvalue weighted by molar-refractivity contribution is 6.05. The third-order valence-electron chi connectivity index (χ3n) is 11.8. The number of aromatic hydroxyl groups is 1. The number of aryl methyl sites for hydroxylation is 2. The quantitative estimate of drug-likeness (QED) is 0.0693. The lowest BCUT2D eigenvalue weighted by Gasteiger charge is -2.13. The number of phenols is 1. The van der Waals surface area contributed by atoms with Crippen molar-refractivity contribution in [2.75, 3.05) is 10.6 Å². The van der Waals surface area contributed by atoms with Crippen molar-refractivity contribution < 1.29 is 19.4 Å². The molecule has 0 aliphatic rings. The number of carbonyl (C=O) groups is 2. The Morgan fingerprint density at radius 2 is 0.910 bits per heavy atom. The first-order valence-electron chi connectivity index (χ1n) is 23.1. The standard InChI is InChI=1S/C32H31N3O2.C25H25N3O2/c1-3-8-31(36)33-32-29-19-27(24-13-11-22(4-2)12-14-24)28(20-30(29)34-35-32)25-15-17-26(18-16-25)37-21-23-9-6-5-7-10-23;1-3-5-24(30)26-25-22-14-20(17-8-6-16(4-2)7-9-17)21(15-23(22)27-28-25)18-10-12-19(29)13-11-18/h5-7,9-20H,3-4,8,21H2,1-2H3,(H2,33,34,35,36);6-15,29H,3-5H2,1-2H3,(H2,26,27,28,30). The molecule has 0 aliphatic heterocycles. The average Bonchev–Trinajstić information content (AvgIpc) is 3.95. The Hall–Kier alpha value is -7.98. The molecule has 338 valence electrons. The van der Waals surface area contributed by atoms with Crippen LogP contribution in [0.15, 0.2) is 152 Å². The van der Waals surface area contributed by atoms with E-state index in [1.54, 1.807) is 12.1 Å². The number of carbonyl (C=O) groups excluding carboxylic acids is 2. The summed E-state index contributed by atoms with van der Waals surface area (Å²) in [5.41, 5.74) is 13.9. The van der Waals surface area contributed by atoms with E-state index in [1.165, 1.54) is 11.1 Å². The number of phenolic OH excluding ortho intramolecular Hbond substituents is 1. The molecule has 9 aromatic rings. The molecule has 2 aromatic heterocycles. The zero-order valence-corrected chi connectivity index (χ0v) is 38.4. The first kappa shape index (κ1) is 45.6. The predicted molar refractivity (Wildman–Crippen MR) is 272 cm³/mol. The van der Waals surface area contributed by atoms with Crippen LogP contribution in [-0.2, 0) is 29.0 Å². The molecule has 0 saturated carbocycles. The third kappa shape index (κ3) is 10.9. The zero-order valence-electron chi connectivity index (χ0n) is 38.4. The highest BCUT2D eigenvalue weighted by Crippen LogP contribution is 2.40. The predicted octanol–water partition coefficient (Wildman–Crippen LogP) is 13.7. The molecule has 0 radical (unpaired) electrons. The molecular weight excluding hydrogens is 833 g/mol. The first-order chi connectivity index (χ1) is 32.7. The van der Waals surface area contributed by atoms with Crippen molar-refractivity contribution in [1.82, 2.24) is 20.4 Å². The van der Waals surface area contributed by atoms with E-state index < -0.39 is 0 Å². The molecule has 0 aliphatic carbocycles. The van der Waals surface area contributed by atoms with Gasteiger partial charge in [-0.1, -0.05) is 131 Å². The summed E-state index contributed by atoms with van der Waals surface area (Å²) >= 11 is 0. The second-order valence-electron chi connectivity index (χ2n) is 16.6. The van der Waals surface area contributed by atoms with E-state index in [-0.39, 0.29) is 17.6 Å². The van der Waals surface area contributed by atoms with Gasteiger partial charge < -0.3 is 20.5 Å². The van der Waals surface area contributed by atoms with Gasteiger partial charge in [0, 0.05) is 23.6 Å². The molecule has 9 rings (SSSR count). The van der Waals surface area contributed by atoms with Crippen LogP contribution in [0.5, 0.6) is 11.5 Å². The molecule has 0 spiro atoms. The van der Waals surface area contributed by atoms with Crippen LogP contribution in [0.4, 0.5) is 11.6 Å². The SMILES string of the molecule is CCCC(=O)Nc1n[nH]c2cc(-c3ccc(O)cc3)c(-c3ccc(CC)cc3)cc12.CCCC(=O)Nc1n[nH]c2cc(-c3ccc(OCc4ccccc4)cc3)c(-c3ccc(CC)cc3)cc12. The van der Waals surface area contributed by atoms with Gasteiger partial charge in [-0.05, 0) is 135 Å². The molecule has 2 amide bonds. The van der Waals surface area contributed by atoms with E-state index in [4.69, 9.17) is 4.74 Å². The Kier molecular flexibility index (Phi) is 14.5. The summed E-state index contributed by atoms with van der Waals surface area (Å²) in [6.07, 6.45) is 4.49. The van der Waals surface area contributed by atoms with Crippen molar-refractivity contribution in [2.45, 2.75) is 72.8 Å². The average molecular weight is 889 g/mol. The highest BCUT2D eigenvalue weighted by atomic mass is 16.5. The number of nitrogens with zero attached hydrogens (tertiary/aromatic N) is 2. The van der Waals surface area contributed by atoms with Gasteiger partial charge >= 0.3 is 0 Å². The molecular formula is C57H56N6O4. The van der Waals surface area contributed by atoms with Crippen molar-refractivity contribution in [3.05, 3.63) is 168 Å². The van der Waals surface area contributed by atoms with Gasteiger partial charge in [0.15, 0.2) is 11.6 Å². The van der Waals surface area contributed by atoms with E-state index >= 15 is 0 Å². The third-order valence-corrected chi connectivity index (χ3v) is 11.8. The number of hydrogen-bond acceptors (Lipinski definition) is 6. The lowest BCUT2D eigenvalue weighted by atomic mass is 9.92. The Balaban J connectivity index is 0.000000186. The minimum atomic E-state index is -0.0395. The summed E-state index contributed by atoms with van der Waals surface area (Å²) < 4.78 is 6.00. The van der Waals surface area contributed by atoms with Crippen LogP contribution in [0.3, 0.4) is 0 Å². The van der Waals surface area contributed by atoms with E-state index in [1.807, 2.05) is 62.4 Å². The van der Waals surface area contributed by atoms with Crippen LogP contribution in [0.25, 0.3) is 66.3 Å². The smallest absolute Gasteiger partial charge is 0.225 e. The maximum absolute atomic E-state index is 12.3. The van der Waals surface area contributed by atoms with Crippen LogP contribution in [0.1, 0.15) is 70.1 Å². The number of aromatic amines is 2. The minimum Gasteiger partial charge on any atom is -0.508 e. The van der Waals surface area contributed by atoms with E-state index in [9.17, 15) is 14.7 Å². The summed E-state index contributed by atoms with van der Waals surface area (Å²) in [7, 11) is 0. The fourth-order valence-corrected chi connectivity index (χ4v) is 8.07. The molecule has 5 N–H and O–H groups in total. The van der Waals surface area contributed by atoms with Crippen molar-refractivity contribution >= 4 is 45.3 Å². The number of ether oxygens (including phenoxy) is 1. The molecule has 67 heavy (non-hydrogen) atoms. The van der Waals surface area contributed by atoms with Gasteiger partial charge in [-0.15, -0.1) is 0 Å². The maximum Gasteiger partial charge on any atom is 0.225 e. The number of amides is 2. The second kappa shape index (κ2) is 21.3. The normalized spacial score (nSPS) is 11.0. The summed E-state index contributed by atoms with van der Waals surface area (Å²) in [5.74, 6) is 2.10. The van der Waals surface area contributed by atoms with Crippen LogP contribution in [-0.4, -0.2) is 37.3 Å². The van der Waals surface area contributed by atoms with Gasteiger partial charge in [0.05, 0.1) is 11.0 Å². The molecule has 0 fully saturated rings. The molecule has 0 bridgehead atoms. The zero-order chi connectivity index (χ0) is 46.7. The number of benzene rings is 7. The van der Waals surface area contributed by atoms with Gasteiger partial charge in [-0.25, -0.2) is 0 Å². The van der Waals surface area contributed by atoms with Gasteiger partial charge in [0.1, 0.15) is 18.1 Å². The Morgan fingerprint density at radius 1 is 0.507 bits per heavy atom. The molecule has 2 heterocycles. The number of fused-ring (bicyclic) bond motifs is 2. The van der Waals surface area contributed by atoms with Crippen molar-refractivity contribution in [2.24, 2.45) is 0 Å². The largest absolute Gasteiger partial charge is 0.508 e. The number of nitrogens with one attached hydrogen (secondary N) is 4. The number of aromatic nitrogens is 4. The Morgan fingerprint density at radius 3 is 1.33 bits per heavy atom. The molecule has 10 heteroatoms. The number of hydrogen-bond donors (Lipinski definition) is 5. The van der Waals surface area contributed by atoms with Crippen LogP contribution >= 0.6 is 0 Å². The highest BCUT2D eigenvalue weighted by Gasteiger charge is 2.18. The Labute approximate surface area is 391 Å². The van der Waals surface area contributed by atoms with Gasteiger partial charge in [0.2, 0.25) is 11.8 Å². The van der Waals surface area contributed by atoms with Crippen LogP contribution < -0.4 is 15.4 Å². The summed E-state index contributed by atoms with van der Waals surface area (Å²) in [6, 6.07) is 51.1. The second-order valence-corrected chi connectivity index (χ2v) is 16.6. The number of H-pyrrole nitrogens is 2. The van der Waals surface area contributed by atoms with E-state index in [0.29, 0.717) is 31.1 Å². The topological polar surface area (TPSA) is 145 Å². The fourth-order valence-electron chi connectivity index (χ4n) is 8.07. The van der Waals surface area contributed by atoms with E-state index in [2.05, 4.69) is 136 Å². The number of rotatable bonds is 15. The molecule has 0 unspecified atom stereocenters. The maximum atomic E-state index is 12.3. The van der Waals surface area contributed by atoms with E-state index in [0.717, 1.165) is 103 Å². The van der Waals surface area contributed by atoms with Crippen LogP contribution in [0.2, 0.25) is 0 Å². The summed E-state index contributed by atoms with van der Waals surface area (Å²) in [5, 5.41) is 32.2. The monoisotopic (exact) mass is 888 g/mol. The first-order valence-corrected chi connectivity index (χ1v) is 23.1. The minimum absolute atomic E-state index is 0.0279. The molecule has 0 saturated heterocycles. The summed E-state index contributed by atoms with van der Waals surface area (Å²) in [6.45, 7) is 8.79. The summed E-state index contributed by atoms with van der Waals surface area (Å²) in [4.78, 5) is 24.4. The van der Waals surface area contributed by atoms with Crippen molar-refractivity contribution in [1.29, 1.82) is 0 Å². The van der Waals surface area contributed by atoms with Crippen LogP contribution in [0, 0.1) is 0 Å². The van der Waals surface area contributed by atoms with Crippen molar-refractivity contribution in [3.8, 4) is 56.0 Å². The number of anilines is 2. The van der Waals surface area contributed by atoms with Gasteiger partial charge in [-0.3, -0.25) is 19.8 Å². The molecule has 10 nitrogen and oxygen atoms in total. The Bertz CT molecular complexity index is 3080. The lowest BCUT2D eigenvalue weighted by Crippen LogP contribution is -2.11. The van der Waals surface area contributed by atoms with Gasteiger partial charge in [0.25, 0.3) is 0 Å². The lowest BCUT2D eigenvalue weighted by molar-refractivity contribution is -0.117. The fraction of sp³-hybridized carbons (Fsp3) is 0.193. The molecule has 0 atom stereocenters.